The Bertz CT molecular complexity index is 794. The van der Waals surface area contributed by atoms with Crippen molar-refractivity contribution in [1.82, 2.24) is 9.55 Å². The number of halogens is 3. The number of aromatic nitrogens is 2. The van der Waals surface area contributed by atoms with Crippen molar-refractivity contribution in [1.29, 1.82) is 0 Å². The number of aryl methyl sites for hydroxylation is 2. The van der Waals surface area contributed by atoms with Gasteiger partial charge in [-0.2, -0.15) is 0 Å². The zero-order valence-corrected chi connectivity index (χ0v) is 11.7. The van der Waals surface area contributed by atoms with E-state index in [9.17, 15) is 8.78 Å². The number of nitrogens with zero attached hydrogens (tertiary/aromatic N) is 2. The first-order chi connectivity index (χ1) is 10.0. The van der Waals surface area contributed by atoms with Gasteiger partial charge in [0.25, 0.3) is 0 Å². The Kier molecular flexibility index (Phi) is 3.51. The number of hydrogen-bond donors (Lipinski definition) is 1. The van der Waals surface area contributed by atoms with Crippen LogP contribution in [0.25, 0.3) is 11.0 Å². The molecule has 0 amide bonds. The average molecular weight is 308 g/mol. The molecule has 6 heteroatoms. The fourth-order valence-electron chi connectivity index (χ4n) is 2.35. The van der Waals surface area contributed by atoms with Gasteiger partial charge in [-0.1, -0.05) is 11.6 Å². The molecule has 108 valence electrons. The molecule has 0 aliphatic rings. The minimum absolute atomic E-state index is 0.351. The molecule has 3 nitrogen and oxygen atoms in total. The van der Waals surface area contributed by atoms with Gasteiger partial charge >= 0.3 is 0 Å². The fraction of sp³-hybridized carbons (Fsp3) is 0.133. The predicted octanol–water partition coefficient (Wildman–Crippen LogP) is 3.79. The van der Waals surface area contributed by atoms with Gasteiger partial charge in [-0.3, -0.25) is 0 Å². The maximum Gasteiger partial charge on any atom is 0.201 e. The molecule has 0 aliphatic heterocycles. The van der Waals surface area contributed by atoms with Crippen LogP contribution in [0.4, 0.5) is 14.7 Å². The minimum Gasteiger partial charge on any atom is -0.369 e. The van der Waals surface area contributed by atoms with Crippen LogP contribution in [0.2, 0.25) is 5.02 Å². The predicted molar refractivity (Wildman–Crippen MR) is 79.2 cm³/mol. The van der Waals surface area contributed by atoms with E-state index in [0.29, 0.717) is 35.0 Å². The van der Waals surface area contributed by atoms with E-state index in [1.54, 1.807) is 16.7 Å². The molecule has 1 aromatic heterocycles. The zero-order chi connectivity index (χ0) is 15.0. The van der Waals surface area contributed by atoms with E-state index in [1.807, 2.05) is 6.07 Å². The Morgan fingerprint density at radius 2 is 1.81 bits per heavy atom. The monoisotopic (exact) mass is 307 g/mol. The third kappa shape index (κ3) is 2.83. The summed E-state index contributed by atoms with van der Waals surface area (Å²) >= 11 is 5.91. The Hall–Kier alpha value is -2.14. The molecule has 0 saturated carbocycles. The lowest BCUT2D eigenvalue weighted by Crippen LogP contribution is -2.06. The number of hydrogen-bond acceptors (Lipinski definition) is 2. The Labute approximate surface area is 125 Å². The Morgan fingerprint density at radius 1 is 1.10 bits per heavy atom. The van der Waals surface area contributed by atoms with Crippen molar-refractivity contribution < 1.29 is 8.78 Å². The second-order valence-electron chi connectivity index (χ2n) is 4.78. The molecule has 2 N–H and O–H groups in total. The molecule has 0 radical (unpaired) electrons. The van der Waals surface area contributed by atoms with Gasteiger partial charge in [-0.15, -0.1) is 0 Å². The lowest BCUT2D eigenvalue weighted by molar-refractivity contribution is 0.577. The Morgan fingerprint density at radius 3 is 2.52 bits per heavy atom. The van der Waals surface area contributed by atoms with Crippen molar-refractivity contribution in [2.45, 2.75) is 13.0 Å². The second-order valence-corrected chi connectivity index (χ2v) is 5.22. The van der Waals surface area contributed by atoms with Crippen LogP contribution in [0.15, 0.2) is 36.4 Å². The standard InChI is InChI=1S/C15H12ClF2N3/c16-10-1-2-14-13(7-10)20-15(19)21(14)4-3-9-5-11(17)8-12(18)6-9/h1-2,5-8H,3-4H2,(H2,19,20). The molecule has 0 bridgehead atoms. The molecule has 3 aromatic rings. The van der Waals surface area contributed by atoms with Crippen LogP contribution >= 0.6 is 11.6 Å². The number of imidazole rings is 1. The van der Waals surface area contributed by atoms with Crippen LogP contribution in [0, 0.1) is 11.6 Å². The summed E-state index contributed by atoms with van der Waals surface area (Å²) in [4.78, 5) is 4.23. The summed E-state index contributed by atoms with van der Waals surface area (Å²) in [7, 11) is 0. The second kappa shape index (κ2) is 5.33. The van der Waals surface area contributed by atoms with Gasteiger partial charge in [0.1, 0.15) is 11.6 Å². The summed E-state index contributed by atoms with van der Waals surface area (Å²) in [5, 5.41) is 0.583. The van der Waals surface area contributed by atoms with Crippen molar-refractivity contribution in [3.05, 3.63) is 58.6 Å². The largest absolute Gasteiger partial charge is 0.369 e. The zero-order valence-electron chi connectivity index (χ0n) is 11.0. The first-order valence-corrected chi connectivity index (χ1v) is 6.77. The average Bonchev–Trinajstić information content (AvgIpc) is 2.70. The summed E-state index contributed by atoms with van der Waals surface area (Å²) in [5.41, 5.74) is 8.00. The van der Waals surface area contributed by atoms with Crippen LogP contribution in [-0.2, 0) is 13.0 Å². The van der Waals surface area contributed by atoms with E-state index in [4.69, 9.17) is 17.3 Å². The summed E-state index contributed by atoms with van der Waals surface area (Å²) in [6.07, 6.45) is 0.451. The molecular weight excluding hydrogens is 296 g/mol. The van der Waals surface area contributed by atoms with Crippen LogP contribution in [-0.4, -0.2) is 9.55 Å². The van der Waals surface area contributed by atoms with Gasteiger partial charge in [0.15, 0.2) is 0 Å². The lowest BCUT2D eigenvalue weighted by atomic mass is 10.1. The van der Waals surface area contributed by atoms with E-state index in [2.05, 4.69) is 4.98 Å². The number of anilines is 1. The Balaban J connectivity index is 1.89. The summed E-state index contributed by atoms with van der Waals surface area (Å²) in [6.45, 7) is 0.479. The molecule has 0 spiro atoms. The van der Waals surface area contributed by atoms with Crippen molar-refractivity contribution in [3.63, 3.8) is 0 Å². The highest BCUT2D eigenvalue weighted by Gasteiger charge is 2.09. The summed E-state index contributed by atoms with van der Waals surface area (Å²) < 4.78 is 28.1. The highest BCUT2D eigenvalue weighted by atomic mass is 35.5. The van der Waals surface area contributed by atoms with Gasteiger partial charge < -0.3 is 10.3 Å². The topological polar surface area (TPSA) is 43.8 Å². The first kappa shape index (κ1) is 13.8. The minimum atomic E-state index is -0.583. The third-order valence-electron chi connectivity index (χ3n) is 3.29. The fourth-order valence-corrected chi connectivity index (χ4v) is 2.52. The molecule has 2 aromatic carbocycles. The van der Waals surface area contributed by atoms with Crippen molar-refractivity contribution >= 4 is 28.6 Å². The molecule has 3 rings (SSSR count). The number of fused-ring (bicyclic) bond motifs is 1. The van der Waals surface area contributed by atoms with Gasteiger partial charge in [-0.05, 0) is 42.3 Å². The summed E-state index contributed by atoms with van der Waals surface area (Å²) in [6, 6.07) is 8.79. The maximum absolute atomic E-state index is 13.2. The smallest absolute Gasteiger partial charge is 0.201 e. The molecular formula is C15H12ClF2N3. The third-order valence-corrected chi connectivity index (χ3v) is 3.52. The number of rotatable bonds is 3. The number of benzene rings is 2. The van der Waals surface area contributed by atoms with Gasteiger partial charge in [0, 0.05) is 17.6 Å². The van der Waals surface area contributed by atoms with Crippen LogP contribution < -0.4 is 5.73 Å². The van der Waals surface area contributed by atoms with Crippen LogP contribution in [0.5, 0.6) is 0 Å². The van der Waals surface area contributed by atoms with Gasteiger partial charge in [0.05, 0.1) is 11.0 Å². The van der Waals surface area contributed by atoms with Crippen molar-refractivity contribution in [2.75, 3.05) is 5.73 Å². The maximum atomic E-state index is 13.2. The highest BCUT2D eigenvalue weighted by Crippen LogP contribution is 2.22. The van der Waals surface area contributed by atoms with Crippen LogP contribution in [0.1, 0.15) is 5.56 Å². The van der Waals surface area contributed by atoms with Crippen molar-refractivity contribution in [2.24, 2.45) is 0 Å². The van der Waals surface area contributed by atoms with Gasteiger partial charge in [0.2, 0.25) is 5.95 Å². The van der Waals surface area contributed by atoms with Crippen LogP contribution in [0.3, 0.4) is 0 Å². The molecule has 0 fully saturated rings. The SMILES string of the molecule is Nc1nc2cc(Cl)ccc2n1CCc1cc(F)cc(F)c1. The van der Waals surface area contributed by atoms with E-state index in [-0.39, 0.29) is 0 Å². The quantitative estimate of drug-likeness (QED) is 0.800. The van der Waals surface area contributed by atoms with Crippen molar-refractivity contribution in [3.8, 4) is 0 Å². The van der Waals surface area contributed by atoms with E-state index in [0.717, 1.165) is 11.6 Å². The lowest BCUT2D eigenvalue weighted by Gasteiger charge is -2.07. The van der Waals surface area contributed by atoms with Gasteiger partial charge in [-0.25, -0.2) is 13.8 Å². The number of nitrogen functional groups attached to an aromatic ring is 1. The molecule has 0 aliphatic carbocycles. The first-order valence-electron chi connectivity index (χ1n) is 6.39. The molecule has 0 atom stereocenters. The highest BCUT2D eigenvalue weighted by molar-refractivity contribution is 6.31. The molecule has 0 saturated heterocycles. The number of nitrogens with two attached hydrogens (primary N) is 1. The summed E-state index contributed by atoms with van der Waals surface area (Å²) in [5.74, 6) is -0.815. The van der Waals surface area contributed by atoms with E-state index >= 15 is 0 Å². The molecule has 21 heavy (non-hydrogen) atoms. The normalized spacial score (nSPS) is 11.2. The van der Waals surface area contributed by atoms with E-state index in [1.165, 1.54) is 12.1 Å². The molecule has 1 heterocycles. The molecule has 0 unspecified atom stereocenters. The van der Waals surface area contributed by atoms with E-state index < -0.39 is 11.6 Å².